The molecule has 0 saturated carbocycles. The summed E-state index contributed by atoms with van der Waals surface area (Å²) < 4.78 is 19.6. The predicted molar refractivity (Wildman–Crippen MR) is 140 cm³/mol. The van der Waals surface area contributed by atoms with Crippen LogP contribution in [0.5, 0.6) is 5.75 Å². The Morgan fingerprint density at radius 1 is 1.17 bits per heavy atom. The van der Waals surface area contributed by atoms with Crippen molar-refractivity contribution >= 4 is 45.6 Å². The van der Waals surface area contributed by atoms with Crippen LogP contribution in [0.4, 0.5) is 21.6 Å². The molecule has 2 aliphatic heterocycles. The first-order valence-corrected chi connectivity index (χ1v) is 12.4. The third kappa shape index (κ3) is 5.43. The topological polar surface area (TPSA) is 73.8 Å². The lowest BCUT2D eigenvalue weighted by Gasteiger charge is -2.31. The highest BCUT2D eigenvalue weighted by atomic mass is 35.5. The van der Waals surface area contributed by atoms with Gasteiger partial charge >= 0.3 is 0 Å². The number of hydrogen-bond acceptors (Lipinski definition) is 7. The third-order valence-electron chi connectivity index (χ3n) is 6.46. The molecule has 0 bridgehead atoms. The van der Waals surface area contributed by atoms with E-state index in [1.807, 2.05) is 18.2 Å². The molecule has 1 aromatic heterocycles. The Balaban J connectivity index is 1.41. The highest BCUT2D eigenvalue weighted by Gasteiger charge is 2.23. The first-order chi connectivity index (χ1) is 17.5. The number of piperazine rings is 1. The number of ether oxygens (including phenoxy) is 1. The van der Waals surface area contributed by atoms with Crippen molar-refractivity contribution in [1.82, 2.24) is 19.8 Å². The van der Waals surface area contributed by atoms with Crippen LogP contribution in [0.3, 0.4) is 0 Å². The van der Waals surface area contributed by atoms with E-state index in [0.29, 0.717) is 53.4 Å². The Kier molecular flexibility index (Phi) is 7.31. The number of benzene rings is 2. The Labute approximate surface area is 214 Å². The minimum atomic E-state index is -0.493. The van der Waals surface area contributed by atoms with Crippen LogP contribution in [0.1, 0.15) is 6.42 Å². The molecule has 10 heteroatoms. The van der Waals surface area contributed by atoms with Crippen molar-refractivity contribution in [2.24, 2.45) is 0 Å². The van der Waals surface area contributed by atoms with Gasteiger partial charge in [-0.15, -0.1) is 0 Å². The summed E-state index contributed by atoms with van der Waals surface area (Å²) in [5.41, 5.74) is 1.93. The van der Waals surface area contributed by atoms with Crippen LogP contribution in [0.2, 0.25) is 5.02 Å². The molecule has 0 spiro atoms. The molecule has 0 atom stereocenters. The standard InChI is InChI=1S/C26H28ClFN6O2/c1-32-9-11-33(12-10-32)7-2-4-25(35)34-8-3-13-36-24-16-22-19(15-23(24)34)26(30-17-29-22)31-18-5-6-21(28)20(27)14-18/h2,4-6,14-17H,3,7-13H2,1H3,(H,29,30,31). The van der Waals surface area contributed by atoms with E-state index in [-0.39, 0.29) is 10.9 Å². The maximum atomic E-state index is 13.6. The van der Waals surface area contributed by atoms with Crippen LogP contribution in [-0.2, 0) is 4.79 Å². The molecule has 0 aliphatic carbocycles. The number of hydrogen-bond donors (Lipinski definition) is 1. The minimum Gasteiger partial charge on any atom is -0.491 e. The zero-order valence-electron chi connectivity index (χ0n) is 20.1. The van der Waals surface area contributed by atoms with Gasteiger partial charge in [-0.2, -0.15) is 0 Å². The van der Waals surface area contributed by atoms with Gasteiger partial charge in [0, 0.05) is 62.5 Å². The maximum Gasteiger partial charge on any atom is 0.250 e. The van der Waals surface area contributed by atoms with E-state index in [4.69, 9.17) is 16.3 Å². The largest absolute Gasteiger partial charge is 0.491 e. The first-order valence-electron chi connectivity index (χ1n) is 12.0. The first kappa shape index (κ1) is 24.4. The SMILES string of the molecule is CN1CCN(CC=CC(=O)N2CCCOc3cc4ncnc(Nc5ccc(F)c(Cl)c5)c4cc32)CC1. The van der Waals surface area contributed by atoms with Crippen LogP contribution < -0.4 is 15.0 Å². The van der Waals surface area contributed by atoms with Crippen LogP contribution in [0.25, 0.3) is 10.9 Å². The minimum absolute atomic E-state index is 0.0146. The van der Waals surface area contributed by atoms with Gasteiger partial charge in [0.25, 0.3) is 5.91 Å². The molecule has 3 heterocycles. The van der Waals surface area contributed by atoms with Gasteiger partial charge in [0.15, 0.2) is 0 Å². The predicted octanol–water partition coefficient (Wildman–Crippen LogP) is 4.09. The zero-order valence-corrected chi connectivity index (χ0v) is 20.8. The van der Waals surface area contributed by atoms with Gasteiger partial charge in [0.05, 0.1) is 22.8 Å². The number of anilines is 3. The molecule has 0 radical (unpaired) electrons. The molecule has 5 rings (SSSR count). The molecule has 2 aromatic carbocycles. The highest BCUT2D eigenvalue weighted by Crippen LogP contribution is 2.37. The van der Waals surface area contributed by atoms with E-state index in [2.05, 4.69) is 32.1 Å². The van der Waals surface area contributed by atoms with Crippen LogP contribution >= 0.6 is 11.6 Å². The van der Waals surface area contributed by atoms with Gasteiger partial charge in [-0.1, -0.05) is 17.7 Å². The van der Waals surface area contributed by atoms with Gasteiger partial charge in [-0.25, -0.2) is 14.4 Å². The second-order valence-electron chi connectivity index (χ2n) is 9.01. The summed E-state index contributed by atoms with van der Waals surface area (Å²) in [6.07, 6.45) is 5.75. The van der Waals surface area contributed by atoms with Gasteiger partial charge in [-0.3, -0.25) is 9.69 Å². The normalized spacial score (nSPS) is 17.1. The molecule has 1 amide bonds. The Morgan fingerprint density at radius 3 is 2.81 bits per heavy atom. The summed E-state index contributed by atoms with van der Waals surface area (Å²) in [6.45, 7) is 5.86. The number of aromatic nitrogens is 2. The maximum absolute atomic E-state index is 13.6. The fourth-order valence-corrected chi connectivity index (χ4v) is 4.57. The Morgan fingerprint density at radius 2 is 2.00 bits per heavy atom. The van der Waals surface area contributed by atoms with Crippen LogP contribution in [0.15, 0.2) is 48.8 Å². The third-order valence-corrected chi connectivity index (χ3v) is 6.75. The molecular formula is C26H28ClFN6O2. The number of nitrogens with zero attached hydrogens (tertiary/aromatic N) is 5. The average molecular weight is 511 g/mol. The monoisotopic (exact) mass is 510 g/mol. The average Bonchev–Trinajstić information content (AvgIpc) is 3.08. The van der Waals surface area contributed by atoms with Crippen LogP contribution in [-0.4, -0.2) is 78.6 Å². The van der Waals surface area contributed by atoms with Crippen molar-refractivity contribution in [3.05, 3.63) is 59.7 Å². The molecule has 188 valence electrons. The Hall–Kier alpha value is -3.27. The number of carbonyl (C=O) groups is 1. The molecule has 1 fully saturated rings. The smallest absolute Gasteiger partial charge is 0.250 e. The van der Waals surface area contributed by atoms with Crippen LogP contribution in [0, 0.1) is 5.82 Å². The van der Waals surface area contributed by atoms with E-state index < -0.39 is 5.82 Å². The highest BCUT2D eigenvalue weighted by molar-refractivity contribution is 6.31. The van der Waals surface area contributed by atoms with E-state index in [1.54, 1.807) is 17.0 Å². The van der Waals surface area contributed by atoms with Crippen molar-refractivity contribution in [1.29, 1.82) is 0 Å². The summed E-state index contributed by atoms with van der Waals surface area (Å²) in [6, 6.07) is 8.08. The van der Waals surface area contributed by atoms with Crippen molar-refractivity contribution in [3.8, 4) is 5.75 Å². The van der Waals surface area contributed by atoms with Gasteiger partial charge < -0.3 is 19.9 Å². The summed E-state index contributed by atoms with van der Waals surface area (Å²) in [7, 11) is 2.13. The Bertz CT molecular complexity index is 1290. The number of carbonyl (C=O) groups excluding carboxylic acids is 1. The van der Waals surface area contributed by atoms with Gasteiger partial charge in [-0.05, 0) is 37.7 Å². The molecule has 36 heavy (non-hydrogen) atoms. The van der Waals surface area contributed by atoms with Gasteiger partial charge in [0.1, 0.15) is 23.7 Å². The second kappa shape index (κ2) is 10.8. The van der Waals surface area contributed by atoms with E-state index in [1.165, 1.54) is 18.5 Å². The van der Waals surface area contributed by atoms with E-state index in [0.717, 1.165) is 32.7 Å². The van der Waals surface area contributed by atoms with Crippen molar-refractivity contribution in [2.75, 3.05) is 63.1 Å². The number of nitrogens with one attached hydrogen (secondary N) is 1. The molecule has 3 aromatic rings. The van der Waals surface area contributed by atoms with Crippen molar-refractivity contribution in [3.63, 3.8) is 0 Å². The van der Waals surface area contributed by atoms with Crippen molar-refractivity contribution in [2.45, 2.75) is 6.42 Å². The fourth-order valence-electron chi connectivity index (χ4n) is 4.39. The second-order valence-corrected chi connectivity index (χ2v) is 9.42. The molecular weight excluding hydrogens is 483 g/mol. The lowest BCUT2D eigenvalue weighted by Crippen LogP contribution is -2.44. The summed E-state index contributed by atoms with van der Waals surface area (Å²) in [5, 5.41) is 3.91. The fraction of sp³-hybridized carbons (Fsp3) is 0.346. The molecule has 0 unspecified atom stereocenters. The number of amides is 1. The van der Waals surface area contributed by atoms with Gasteiger partial charge in [0.2, 0.25) is 0 Å². The number of fused-ring (bicyclic) bond motifs is 2. The molecule has 2 aliphatic rings. The zero-order chi connectivity index (χ0) is 25.1. The quantitative estimate of drug-likeness (QED) is 0.518. The lowest BCUT2D eigenvalue weighted by molar-refractivity contribution is -0.114. The van der Waals surface area contributed by atoms with E-state index in [9.17, 15) is 9.18 Å². The number of likely N-dealkylation sites (N-methyl/N-ethyl adjacent to an activating group) is 1. The molecule has 1 saturated heterocycles. The van der Waals surface area contributed by atoms with Crippen molar-refractivity contribution < 1.29 is 13.9 Å². The summed E-state index contributed by atoms with van der Waals surface area (Å²) in [4.78, 5) is 28.4. The molecule has 8 nitrogen and oxygen atoms in total. The number of rotatable bonds is 5. The lowest BCUT2D eigenvalue weighted by atomic mass is 10.1. The number of halogens is 2. The summed E-state index contributed by atoms with van der Waals surface area (Å²) in [5.74, 6) is 0.544. The molecule has 1 N–H and O–H groups in total. The summed E-state index contributed by atoms with van der Waals surface area (Å²) >= 11 is 5.94. The van der Waals surface area contributed by atoms with E-state index >= 15 is 0 Å².